The van der Waals surface area contributed by atoms with Crippen LogP contribution in [0.2, 0.25) is 0 Å². The molecule has 0 bridgehead atoms. The van der Waals surface area contributed by atoms with Gasteiger partial charge in [-0.25, -0.2) is 9.50 Å². The van der Waals surface area contributed by atoms with E-state index in [1.165, 1.54) is 15.6 Å². The molecule has 0 saturated carbocycles. The summed E-state index contributed by atoms with van der Waals surface area (Å²) in [5.74, 6) is -2.92. The number of anilines is 1. The molecular formula is C20H20F4N6O3. The van der Waals surface area contributed by atoms with E-state index in [4.69, 9.17) is 5.11 Å². The van der Waals surface area contributed by atoms with E-state index in [9.17, 15) is 18.0 Å². The molecule has 1 amide bonds. The fourth-order valence-corrected chi connectivity index (χ4v) is 3.61. The number of nitrogens with zero attached hydrogens (tertiary/aromatic N) is 5. The van der Waals surface area contributed by atoms with Crippen molar-refractivity contribution in [1.29, 1.82) is 0 Å². The Labute approximate surface area is 185 Å². The van der Waals surface area contributed by atoms with E-state index in [0.717, 1.165) is 0 Å². The molecule has 3 aromatic heterocycles. The maximum Gasteiger partial charge on any atom is 0.422 e. The number of piperidine rings is 1. The normalized spacial score (nSPS) is 16.8. The van der Waals surface area contributed by atoms with Crippen LogP contribution in [-0.4, -0.2) is 74.0 Å². The highest BCUT2D eigenvalue weighted by molar-refractivity contribution is 5.77. The van der Waals surface area contributed by atoms with Gasteiger partial charge in [-0.3, -0.25) is 4.79 Å². The molecule has 0 aliphatic carbocycles. The van der Waals surface area contributed by atoms with E-state index in [1.807, 2.05) is 0 Å². The number of rotatable bonds is 6. The van der Waals surface area contributed by atoms with Gasteiger partial charge in [0.2, 0.25) is 11.7 Å². The first-order valence-electron chi connectivity index (χ1n) is 10.1. The zero-order valence-electron chi connectivity index (χ0n) is 17.2. The van der Waals surface area contributed by atoms with Crippen molar-refractivity contribution in [2.45, 2.75) is 25.1 Å². The molecule has 13 heteroatoms. The number of aliphatic hydroxyl groups is 1. The Morgan fingerprint density at radius 2 is 2.12 bits per heavy atom. The first-order chi connectivity index (χ1) is 15.7. The van der Waals surface area contributed by atoms with Crippen LogP contribution in [0, 0.1) is 5.82 Å². The van der Waals surface area contributed by atoms with Gasteiger partial charge in [-0.1, -0.05) is 6.07 Å². The average molecular weight is 468 g/mol. The molecule has 4 heterocycles. The SMILES string of the molecule is O=C(CO)N1CCC[C@@H](Nc2nc(-c3cnn4ccccc34)nc(OCC(F)(F)F)c2F)C1. The molecule has 1 aliphatic heterocycles. The molecule has 33 heavy (non-hydrogen) atoms. The summed E-state index contributed by atoms with van der Waals surface area (Å²) < 4.78 is 59.3. The van der Waals surface area contributed by atoms with Crippen molar-refractivity contribution < 1.29 is 32.2 Å². The Balaban J connectivity index is 1.69. The lowest BCUT2D eigenvalue weighted by atomic mass is 10.1. The number of ether oxygens (including phenoxy) is 1. The predicted molar refractivity (Wildman–Crippen MR) is 108 cm³/mol. The van der Waals surface area contributed by atoms with E-state index in [-0.39, 0.29) is 18.2 Å². The summed E-state index contributed by atoms with van der Waals surface area (Å²) in [4.78, 5) is 21.3. The Morgan fingerprint density at radius 3 is 2.88 bits per heavy atom. The Morgan fingerprint density at radius 1 is 1.30 bits per heavy atom. The molecule has 9 nitrogen and oxygen atoms in total. The quantitative estimate of drug-likeness (QED) is 0.535. The minimum Gasteiger partial charge on any atom is -0.466 e. The summed E-state index contributed by atoms with van der Waals surface area (Å²) in [6, 6.07) is 4.74. The predicted octanol–water partition coefficient (Wildman–Crippen LogP) is 2.27. The number of hydrogen-bond acceptors (Lipinski definition) is 7. The molecule has 4 rings (SSSR count). The monoisotopic (exact) mass is 468 g/mol. The van der Waals surface area contributed by atoms with Gasteiger partial charge in [0.1, 0.15) is 6.61 Å². The third-order valence-electron chi connectivity index (χ3n) is 5.11. The maximum atomic E-state index is 15.0. The smallest absolute Gasteiger partial charge is 0.422 e. The molecule has 1 saturated heterocycles. The molecule has 0 unspecified atom stereocenters. The van der Waals surface area contributed by atoms with Crippen molar-refractivity contribution in [3.63, 3.8) is 0 Å². The first kappa shape index (κ1) is 22.7. The Bertz CT molecular complexity index is 1150. The van der Waals surface area contributed by atoms with Gasteiger partial charge in [0.05, 0.1) is 17.3 Å². The minimum absolute atomic E-state index is 0.0728. The van der Waals surface area contributed by atoms with Crippen molar-refractivity contribution >= 4 is 17.2 Å². The molecule has 176 valence electrons. The van der Waals surface area contributed by atoms with E-state index in [0.29, 0.717) is 30.5 Å². The second-order valence-electron chi connectivity index (χ2n) is 7.49. The molecule has 3 aromatic rings. The van der Waals surface area contributed by atoms with Crippen LogP contribution in [0.3, 0.4) is 0 Å². The fraction of sp³-hybridized carbons (Fsp3) is 0.400. The summed E-state index contributed by atoms with van der Waals surface area (Å²) in [7, 11) is 0. The highest BCUT2D eigenvalue weighted by Crippen LogP contribution is 2.30. The lowest BCUT2D eigenvalue weighted by Gasteiger charge is -2.33. The van der Waals surface area contributed by atoms with Gasteiger partial charge in [-0.05, 0) is 25.0 Å². The van der Waals surface area contributed by atoms with Crippen LogP contribution in [0.15, 0.2) is 30.6 Å². The number of pyridine rings is 1. The average Bonchev–Trinajstić information content (AvgIpc) is 3.23. The second kappa shape index (κ2) is 9.17. The Hall–Kier alpha value is -3.48. The van der Waals surface area contributed by atoms with Crippen LogP contribution in [0.4, 0.5) is 23.4 Å². The van der Waals surface area contributed by atoms with Crippen molar-refractivity contribution in [1.82, 2.24) is 24.5 Å². The molecule has 1 aliphatic rings. The largest absolute Gasteiger partial charge is 0.466 e. The number of carbonyl (C=O) groups excluding carboxylic acids is 1. The number of halogens is 4. The lowest BCUT2D eigenvalue weighted by Crippen LogP contribution is -2.46. The highest BCUT2D eigenvalue weighted by Gasteiger charge is 2.31. The van der Waals surface area contributed by atoms with Gasteiger partial charge in [-0.2, -0.15) is 27.6 Å². The summed E-state index contributed by atoms with van der Waals surface area (Å²) in [6.45, 7) is -1.76. The fourth-order valence-electron chi connectivity index (χ4n) is 3.61. The van der Waals surface area contributed by atoms with Gasteiger partial charge < -0.3 is 20.1 Å². The lowest BCUT2D eigenvalue weighted by molar-refractivity contribution is -0.154. The van der Waals surface area contributed by atoms with Crippen LogP contribution < -0.4 is 10.1 Å². The number of aliphatic hydroxyl groups excluding tert-OH is 1. The van der Waals surface area contributed by atoms with E-state index in [1.54, 1.807) is 24.4 Å². The van der Waals surface area contributed by atoms with Gasteiger partial charge in [0.25, 0.3) is 5.88 Å². The molecule has 0 spiro atoms. The van der Waals surface area contributed by atoms with Gasteiger partial charge in [0, 0.05) is 25.3 Å². The third kappa shape index (κ3) is 5.13. The molecule has 1 atom stereocenters. The number of amides is 1. The molecule has 0 radical (unpaired) electrons. The van der Waals surface area contributed by atoms with Crippen LogP contribution in [0.1, 0.15) is 12.8 Å². The van der Waals surface area contributed by atoms with Gasteiger partial charge in [0.15, 0.2) is 18.2 Å². The van der Waals surface area contributed by atoms with Crippen molar-refractivity contribution in [2.75, 3.05) is 31.6 Å². The number of fused-ring (bicyclic) bond motifs is 1. The van der Waals surface area contributed by atoms with Crippen LogP contribution in [0.25, 0.3) is 16.9 Å². The summed E-state index contributed by atoms with van der Waals surface area (Å²) in [5, 5.41) is 16.1. The van der Waals surface area contributed by atoms with E-state index < -0.39 is 43.0 Å². The third-order valence-corrected chi connectivity index (χ3v) is 5.11. The van der Waals surface area contributed by atoms with Crippen molar-refractivity contribution in [3.8, 4) is 17.3 Å². The first-order valence-corrected chi connectivity index (χ1v) is 10.1. The minimum atomic E-state index is -4.69. The molecular weight excluding hydrogens is 448 g/mol. The summed E-state index contributed by atoms with van der Waals surface area (Å²) >= 11 is 0. The number of nitrogens with one attached hydrogen (secondary N) is 1. The molecule has 1 fully saturated rings. The van der Waals surface area contributed by atoms with E-state index in [2.05, 4.69) is 25.1 Å². The zero-order chi connectivity index (χ0) is 23.6. The number of likely N-dealkylation sites (tertiary alicyclic amines) is 1. The Kier molecular flexibility index (Phi) is 6.31. The number of aromatic nitrogens is 4. The maximum absolute atomic E-state index is 15.0. The molecule has 2 N–H and O–H groups in total. The van der Waals surface area contributed by atoms with E-state index >= 15 is 4.39 Å². The number of carbonyl (C=O) groups is 1. The second-order valence-corrected chi connectivity index (χ2v) is 7.49. The van der Waals surface area contributed by atoms with Gasteiger partial charge in [-0.15, -0.1) is 0 Å². The van der Waals surface area contributed by atoms with Crippen molar-refractivity contribution in [3.05, 3.63) is 36.4 Å². The highest BCUT2D eigenvalue weighted by atomic mass is 19.4. The number of hydrogen-bond donors (Lipinski definition) is 2. The topological polar surface area (TPSA) is 105 Å². The summed E-state index contributed by atoms with van der Waals surface area (Å²) in [6.07, 6.45) is -0.457. The van der Waals surface area contributed by atoms with Gasteiger partial charge >= 0.3 is 6.18 Å². The zero-order valence-corrected chi connectivity index (χ0v) is 17.2. The number of alkyl halides is 3. The van der Waals surface area contributed by atoms with Crippen LogP contribution in [-0.2, 0) is 4.79 Å². The molecule has 0 aromatic carbocycles. The summed E-state index contributed by atoms with van der Waals surface area (Å²) in [5.41, 5.74) is 0.936. The van der Waals surface area contributed by atoms with Crippen LogP contribution >= 0.6 is 0 Å². The standard InChI is InChI=1S/C20H20F4N6O3/c21-16-18(26-12-4-3-6-29(9-12)15(32)10-31)27-17(28-19(16)33-11-20(22,23)24)13-8-25-30-7-2-1-5-14(13)30/h1-2,5,7-8,12,31H,3-4,6,9-11H2,(H,26,27,28)/t12-/m1/s1. The van der Waals surface area contributed by atoms with Crippen LogP contribution in [0.5, 0.6) is 5.88 Å². The van der Waals surface area contributed by atoms with Crippen molar-refractivity contribution in [2.24, 2.45) is 0 Å².